The fourth-order valence-electron chi connectivity index (χ4n) is 1.30. The molecule has 1 N–H and O–H groups in total. The molecule has 1 amide bonds. The minimum atomic E-state index is -0.341. The number of rotatable bonds is 8. The molecule has 1 aromatic rings. The van der Waals surface area contributed by atoms with Crippen LogP contribution in [0.4, 0.5) is 0 Å². The highest BCUT2D eigenvalue weighted by Gasteiger charge is 2.08. The SMILES string of the molecule is COCCOCC(=O)NCC(=O)c1cccc(Cl)c1. The second kappa shape index (κ2) is 8.63. The van der Waals surface area contributed by atoms with Crippen molar-refractivity contribution in [3.63, 3.8) is 0 Å². The van der Waals surface area contributed by atoms with Gasteiger partial charge < -0.3 is 14.8 Å². The van der Waals surface area contributed by atoms with Gasteiger partial charge in [-0.15, -0.1) is 0 Å². The Balaban J connectivity index is 2.28. The molecule has 19 heavy (non-hydrogen) atoms. The molecule has 0 aromatic heterocycles. The maximum Gasteiger partial charge on any atom is 0.246 e. The number of benzene rings is 1. The van der Waals surface area contributed by atoms with E-state index in [1.165, 1.54) is 0 Å². The summed E-state index contributed by atoms with van der Waals surface area (Å²) in [6.45, 7) is 0.597. The third-order valence-electron chi connectivity index (χ3n) is 2.26. The van der Waals surface area contributed by atoms with E-state index in [1.807, 2.05) is 0 Å². The summed E-state index contributed by atoms with van der Waals surface area (Å²) < 4.78 is 9.79. The van der Waals surface area contributed by atoms with Crippen molar-refractivity contribution in [3.8, 4) is 0 Å². The van der Waals surface area contributed by atoms with E-state index in [2.05, 4.69) is 5.32 Å². The molecule has 0 fully saturated rings. The average Bonchev–Trinajstić information content (AvgIpc) is 2.41. The van der Waals surface area contributed by atoms with Crippen molar-refractivity contribution in [2.75, 3.05) is 33.5 Å². The number of Topliss-reactive ketones (excluding diaryl/α,β-unsaturated/α-hetero) is 1. The largest absolute Gasteiger partial charge is 0.382 e. The number of hydrogen-bond acceptors (Lipinski definition) is 4. The molecule has 0 atom stereocenters. The number of halogens is 1. The average molecular weight is 286 g/mol. The monoisotopic (exact) mass is 285 g/mol. The Bertz CT molecular complexity index is 436. The molecule has 0 bridgehead atoms. The molecule has 0 aliphatic carbocycles. The molecule has 0 spiro atoms. The van der Waals surface area contributed by atoms with Crippen molar-refractivity contribution < 1.29 is 19.1 Å². The number of ketones is 1. The Hall–Kier alpha value is -1.43. The molecule has 6 heteroatoms. The van der Waals surface area contributed by atoms with Crippen molar-refractivity contribution in [3.05, 3.63) is 34.9 Å². The van der Waals surface area contributed by atoms with Crippen LogP contribution in [0, 0.1) is 0 Å². The topological polar surface area (TPSA) is 64.6 Å². The number of nitrogens with one attached hydrogen (secondary N) is 1. The Morgan fingerprint density at radius 1 is 1.32 bits per heavy atom. The summed E-state index contributed by atoms with van der Waals surface area (Å²) >= 11 is 5.78. The van der Waals surface area contributed by atoms with Crippen molar-refractivity contribution in [2.24, 2.45) is 0 Å². The predicted octanol–water partition coefficient (Wildman–Crippen LogP) is 1.30. The van der Waals surface area contributed by atoms with Crippen LogP contribution >= 0.6 is 11.6 Å². The van der Waals surface area contributed by atoms with Crippen LogP contribution in [0.5, 0.6) is 0 Å². The number of carbonyl (C=O) groups excluding carboxylic acids is 2. The zero-order chi connectivity index (χ0) is 14.1. The lowest BCUT2D eigenvalue weighted by molar-refractivity contribution is -0.125. The number of methoxy groups -OCH3 is 1. The Kier molecular flexibility index (Phi) is 7.10. The van der Waals surface area contributed by atoms with Gasteiger partial charge in [-0.3, -0.25) is 9.59 Å². The van der Waals surface area contributed by atoms with Gasteiger partial charge in [-0.1, -0.05) is 23.7 Å². The molecule has 1 aromatic carbocycles. The molecule has 104 valence electrons. The van der Waals surface area contributed by atoms with Gasteiger partial charge in [-0.25, -0.2) is 0 Å². The van der Waals surface area contributed by atoms with E-state index in [9.17, 15) is 9.59 Å². The lowest BCUT2D eigenvalue weighted by atomic mass is 10.1. The Labute approximate surface area is 116 Å². The molecule has 0 saturated heterocycles. The molecule has 0 aliphatic rings. The summed E-state index contributed by atoms with van der Waals surface area (Å²) in [5.74, 6) is -0.542. The van der Waals surface area contributed by atoms with Gasteiger partial charge in [0.15, 0.2) is 5.78 Å². The van der Waals surface area contributed by atoms with Crippen LogP contribution < -0.4 is 5.32 Å². The molecule has 0 unspecified atom stereocenters. The van der Waals surface area contributed by atoms with E-state index < -0.39 is 0 Å². The summed E-state index contributed by atoms with van der Waals surface area (Å²) in [6, 6.07) is 6.58. The number of carbonyl (C=O) groups is 2. The smallest absolute Gasteiger partial charge is 0.246 e. The van der Waals surface area contributed by atoms with Crippen LogP contribution in [-0.2, 0) is 14.3 Å². The van der Waals surface area contributed by atoms with Gasteiger partial charge in [0, 0.05) is 17.7 Å². The first-order valence-electron chi connectivity index (χ1n) is 5.75. The fraction of sp³-hybridized carbons (Fsp3) is 0.385. The van der Waals surface area contributed by atoms with Gasteiger partial charge in [0.2, 0.25) is 5.91 Å². The van der Waals surface area contributed by atoms with Crippen LogP contribution in [0.15, 0.2) is 24.3 Å². The summed E-state index contributed by atoms with van der Waals surface area (Å²) in [6.07, 6.45) is 0. The van der Waals surface area contributed by atoms with Crippen molar-refractivity contribution in [1.82, 2.24) is 5.32 Å². The summed E-state index contributed by atoms with van der Waals surface area (Å²) in [5.41, 5.74) is 0.466. The highest BCUT2D eigenvalue weighted by atomic mass is 35.5. The van der Waals surface area contributed by atoms with E-state index in [0.717, 1.165) is 0 Å². The van der Waals surface area contributed by atoms with E-state index in [4.69, 9.17) is 21.1 Å². The third-order valence-corrected chi connectivity index (χ3v) is 2.49. The van der Waals surface area contributed by atoms with Crippen LogP contribution in [0.2, 0.25) is 5.02 Å². The van der Waals surface area contributed by atoms with Gasteiger partial charge in [0.1, 0.15) is 6.61 Å². The van der Waals surface area contributed by atoms with Gasteiger partial charge in [-0.2, -0.15) is 0 Å². The second-order valence-electron chi connectivity index (χ2n) is 3.76. The minimum absolute atomic E-state index is 0.0766. The predicted molar refractivity (Wildman–Crippen MR) is 71.5 cm³/mol. The lowest BCUT2D eigenvalue weighted by Gasteiger charge is -2.06. The van der Waals surface area contributed by atoms with Crippen molar-refractivity contribution >= 4 is 23.3 Å². The maximum atomic E-state index is 11.7. The van der Waals surface area contributed by atoms with Crippen LogP contribution in [0.3, 0.4) is 0 Å². The first kappa shape index (κ1) is 15.6. The normalized spacial score (nSPS) is 10.2. The van der Waals surface area contributed by atoms with Crippen molar-refractivity contribution in [1.29, 1.82) is 0 Å². The van der Waals surface area contributed by atoms with Gasteiger partial charge >= 0.3 is 0 Å². The summed E-state index contributed by atoms with van der Waals surface area (Å²) in [7, 11) is 1.55. The molecule has 1 rings (SSSR count). The number of amides is 1. The van der Waals surface area contributed by atoms with Gasteiger partial charge in [0.05, 0.1) is 19.8 Å². The first-order valence-corrected chi connectivity index (χ1v) is 6.13. The Morgan fingerprint density at radius 2 is 2.11 bits per heavy atom. The quantitative estimate of drug-likeness (QED) is 0.578. The van der Waals surface area contributed by atoms with E-state index in [0.29, 0.717) is 23.8 Å². The number of ether oxygens (including phenoxy) is 2. The molecule has 0 heterocycles. The zero-order valence-electron chi connectivity index (χ0n) is 10.6. The Morgan fingerprint density at radius 3 is 2.79 bits per heavy atom. The second-order valence-corrected chi connectivity index (χ2v) is 4.19. The highest BCUT2D eigenvalue weighted by Crippen LogP contribution is 2.10. The zero-order valence-corrected chi connectivity index (χ0v) is 11.4. The molecular formula is C13H16ClNO4. The molecule has 0 radical (unpaired) electrons. The highest BCUT2D eigenvalue weighted by molar-refractivity contribution is 6.31. The van der Waals surface area contributed by atoms with Gasteiger partial charge in [-0.05, 0) is 12.1 Å². The first-order chi connectivity index (χ1) is 9.13. The molecule has 5 nitrogen and oxygen atoms in total. The van der Waals surface area contributed by atoms with Crippen molar-refractivity contribution in [2.45, 2.75) is 0 Å². The summed E-state index contributed by atoms with van der Waals surface area (Å²) in [5, 5.41) is 2.97. The molecule has 0 saturated carbocycles. The van der Waals surface area contributed by atoms with Crippen LogP contribution in [0.25, 0.3) is 0 Å². The van der Waals surface area contributed by atoms with Gasteiger partial charge in [0.25, 0.3) is 0 Å². The molecular weight excluding hydrogens is 270 g/mol. The standard InChI is InChI=1S/C13H16ClNO4/c1-18-5-6-19-9-13(17)15-8-12(16)10-3-2-4-11(14)7-10/h2-4,7H,5-6,8-9H2,1H3,(H,15,17). The van der Waals surface area contributed by atoms with E-state index in [-0.39, 0.29) is 24.8 Å². The molecule has 0 aliphatic heterocycles. The fourth-order valence-corrected chi connectivity index (χ4v) is 1.49. The minimum Gasteiger partial charge on any atom is -0.382 e. The third kappa shape index (κ3) is 6.33. The van der Waals surface area contributed by atoms with E-state index >= 15 is 0 Å². The van der Waals surface area contributed by atoms with E-state index in [1.54, 1.807) is 31.4 Å². The van der Waals surface area contributed by atoms with Crippen LogP contribution in [0.1, 0.15) is 10.4 Å². The maximum absolute atomic E-state index is 11.7. The van der Waals surface area contributed by atoms with Crippen LogP contribution in [-0.4, -0.2) is 45.2 Å². The summed E-state index contributed by atoms with van der Waals surface area (Å²) in [4.78, 5) is 23.1. The number of hydrogen-bond donors (Lipinski definition) is 1. The lowest BCUT2D eigenvalue weighted by Crippen LogP contribution is -2.32.